The summed E-state index contributed by atoms with van der Waals surface area (Å²) in [7, 11) is 0. The summed E-state index contributed by atoms with van der Waals surface area (Å²) in [6.45, 7) is 2.41. The Morgan fingerprint density at radius 1 is 1.42 bits per heavy atom. The number of β-lactam (4-membered cyclic amide) rings is 1. The van der Waals surface area contributed by atoms with Gasteiger partial charge < -0.3 is 19.9 Å². The van der Waals surface area contributed by atoms with Crippen LogP contribution in [0.15, 0.2) is 53.8 Å². The fourth-order valence-electron chi connectivity index (χ4n) is 4.33. The summed E-state index contributed by atoms with van der Waals surface area (Å²) in [4.78, 5) is 31.7. The van der Waals surface area contributed by atoms with E-state index in [9.17, 15) is 19.8 Å². The van der Waals surface area contributed by atoms with E-state index >= 15 is 0 Å². The van der Waals surface area contributed by atoms with Gasteiger partial charge in [0.25, 0.3) is 0 Å². The van der Waals surface area contributed by atoms with E-state index in [0.717, 1.165) is 27.0 Å². The van der Waals surface area contributed by atoms with Gasteiger partial charge in [-0.2, -0.15) is 0 Å². The van der Waals surface area contributed by atoms with Crippen molar-refractivity contribution in [1.29, 1.82) is 0 Å². The number of aromatic nitrogens is 3. The molecule has 3 aromatic rings. The Hall–Kier alpha value is -2.69. The highest BCUT2D eigenvalue weighted by Crippen LogP contribution is 2.48. The lowest BCUT2D eigenvalue weighted by Gasteiger charge is -2.45. The number of rotatable bonds is 7. The van der Waals surface area contributed by atoms with E-state index < -0.39 is 18.0 Å². The van der Waals surface area contributed by atoms with Gasteiger partial charge in [-0.05, 0) is 18.9 Å². The molecule has 2 aliphatic rings. The molecule has 8 nitrogen and oxygen atoms in total. The summed E-state index contributed by atoms with van der Waals surface area (Å²) in [6.07, 6.45) is 7.20. The van der Waals surface area contributed by atoms with Crippen LogP contribution in [0.2, 0.25) is 0 Å². The maximum absolute atomic E-state index is 12.4. The third kappa shape index (κ3) is 3.35. The van der Waals surface area contributed by atoms with Gasteiger partial charge in [-0.25, -0.2) is 9.55 Å². The van der Waals surface area contributed by atoms with Gasteiger partial charge in [0, 0.05) is 18.3 Å². The average molecular weight is 457 g/mol. The molecule has 0 aromatic carbocycles. The zero-order valence-corrected chi connectivity index (χ0v) is 18.3. The Morgan fingerprint density at radius 2 is 2.19 bits per heavy atom. The van der Waals surface area contributed by atoms with Crippen molar-refractivity contribution in [1.82, 2.24) is 14.3 Å². The molecule has 1 saturated heterocycles. The quantitative estimate of drug-likeness (QED) is 0.317. The number of amides is 1. The van der Waals surface area contributed by atoms with E-state index in [1.807, 2.05) is 41.2 Å². The predicted molar refractivity (Wildman–Crippen MR) is 113 cm³/mol. The van der Waals surface area contributed by atoms with Gasteiger partial charge in [-0.3, -0.25) is 9.20 Å². The topological polar surface area (TPSA) is 102 Å². The first kappa shape index (κ1) is 20.2. The minimum Gasteiger partial charge on any atom is -0.543 e. The predicted octanol–water partition coefficient (Wildman–Crippen LogP) is 0.548. The van der Waals surface area contributed by atoms with Gasteiger partial charge in [-0.15, -0.1) is 11.3 Å². The van der Waals surface area contributed by atoms with Gasteiger partial charge in [0.15, 0.2) is 18.9 Å². The number of hydrogen-bond acceptors (Lipinski definition) is 7. The number of carbonyl (C=O) groups is 2. The normalized spacial score (nSPS) is 21.5. The average Bonchev–Trinajstić information content (AvgIpc) is 3.40. The second kappa shape index (κ2) is 7.77. The van der Waals surface area contributed by atoms with Crippen molar-refractivity contribution in [3.63, 3.8) is 0 Å². The first-order chi connectivity index (χ1) is 15.0. The smallest absolute Gasteiger partial charge is 0.235 e. The number of aryl methyl sites for hydroxylation is 1. The van der Waals surface area contributed by atoms with E-state index in [2.05, 4.69) is 9.55 Å². The van der Waals surface area contributed by atoms with Crippen LogP contribution in [0.4, 0.5) is 0 Å². The van der Waals surface area contributed by atoms with Crippen molar-refractivity contribution in [3.05, 3.63) is 53.7 Å². The molecule has 0 unspecified atom stereocenters. The van der Waals surface area contributed by atoms with Crippen molar-refractivity contribution in [2.24, 2.45) is 5.92 Å². The maximum Gasteiger partial charge on any atom is 0.235 e. The molecule has 0 saturated carbocycles. The maximum atomic E-state index is 12.4. The Balaban J connectivity index is 1.40. The number of thiazole rings is 1. The first-order valence-corrected chi connectivity index (χ1v) is 11.8. The van der Waals surface area contributed by atoms with Crippen molar-refractivity contribution in [2.45, 2.75) is 37.1 Å². The van der Waals surface area contributed by atoms with Crippen LogP contribution in [0.1, 0.15) is 18.2 Å². The van der Waals surface area contributed by atoms with Gasteiger partial charge in [-0.1, -0.05) is 17.8 Å². The molecule has 2 aliphatic heterocycles. The highest BCUT2D eigenvalue weighted by atomic mass is 32.2. The molecule has 5 rings (SSSR count). The van der Waals surface area contributed by atoms with Crippen LogP contribution in [0, 0.1) is 5.92 Å². The standard InChI is InChI=1S/C21H20N4O4S2/c1-12(26)16-14-9-13(17(21(28)29)25(14)19(16)27)15-10-24-11-22-18(20(24)31-15)30-8-7-23-5-3-2-4-6-23/h2-6,10-12,14,16,26H,7-9H2,1H3/t12-,14-,16-/m1/s1. The van der Waals surface area contributed by atoms with Crippen LogP contribution in [-0.2, 0) is 16.1 Å². The molecule has 0 radical (unpaired) electrons. The Morgan fingerprint density at radius 3 is 2.90 bits per heavy atom. The van der Waals surface area contributed by atoms with Crippen molar-refractivity contribution in [3.8, 4) is 0 Å². The van der Waals surface area contributed by atoms with Gasteiger partial charge >= 0.3 is 0 Å². The van der Waals surface area contributed by atoms with Crippen LogP contribution in [-0.4, -0.2) is 49.2 Å². The zero-order chi connectivity index (χ0) is 21.7. The number of carboxylic acid groups (broad SMARTS) is 1. The number of pyridine rings is 1. The highest BCUT2D eigenvalue weighted by Gasteiger charge is 2.55. The fraction of sp³-hybridized carbons (Fsp3) is 0.333. The Labute approximate surface area is 186 Å². The summed E-state index contributed by atoms with van der Waals surface area (Å²) in [5.74, 6) is -1.43. The van der Waals surface area contributed by atoms with Crippen molar-refractivity contribution < 1.29 is 24.4 Å². The number of fused-ring (bicyclic) bond motifs is 2. The number of thioether (sulfide) groups is 1. The lowest BCUT2D eigenvalue weighted by Crippen LogP contribution is -2.62. The summed E-state index contributed by atoms with van der Waals surface area (Å²) in [5, 5.41) is 22.6. The number of hydrogen-bond donors (Lipinski definition) is 1. The third-order valence-corrected chi connectivity index (χ3v) is 8.02. The zero-order valence-electron chi connectivity index (χ0n) is 16.7. The molecule has 1 fully saturated rings. The van der Waals surface area contributed by atoms with Crippen LogP contribution in [0.5, 0.6) is 0 Å². The van der Waals surface area contributed by atoms with Crippen LogP contribution >= 0.6 is 23.1 Å². The molecule has 0 bridgehead atoms. The van der Waals surface area contributed by atoms with Gasteiger partial charge in [0.2, 0.25) is 5.91 Å². The van der Waals surface area contributed by atoms with E-state index in [0.29, 0.717) is 12.0 Å². The molecule has 3 aromatic heterocycles. The van der Waals surface area contributed by atoms with Gasteiger partial charge in [0.1, 0.15) is 16.2 Å². The number of aliphatic hydroxyl groups excluding tert-OH is 1. The van der Waals surface area contributed by atoms with Crippen molar-refractivity contribution >= 4 is 45.4 Å². The molecule has 0 spiro atoms. The van der Waals surface area contributed by atoms with Gasteiger partial charge in [0.05, 0.1) is 40.4 Å². The Kier molecular flexibility index (Phi) is 5.07. The molecule has 3 atom stereocenters. The molecule has 0 aliphatic carbocycles. The van der Waals surface area contributed by atoms with Crippen LogP contribution in [0.3, 0.4) is 0 Å². The summed E-state index contributed by atoms with van der Waals surface area (Å²) < 4.78 is 4.00. The Bertz CT molecular complexity index is 1200. The van der Waals surface area contributed by atoms with E-state index in [1.54, 1.807) is 25.0 Å². The minimum atomic E-state index is -1.36. The van der Waals surface area contributed by atoms with E-state index in [4.69, 9.17) is 0 Å². The van der Waals surface area contributed by atoms with E-state index in [-0.39, 0.29) is 17.6 Å². The number of carboxylic acids is 1. The molecular formula is C21H20N4O4S2. The molecular weight excluding hydrogens is 436 g/mol. The highest BCUT2D eigenvalue weighted by molar-refractivity contribution is 7.99. The molecule has 10 heteroatoms. The minimum absolute atomic E-state index is 0.0703. The number of imidazole rings is 1. The lowest BCUT2D eigenvalue weighted by atomic mass is 9.83. The van der Waals surface area contributed by atoms with Crippen LogP contribution in [0.25, 0.3) is 10.4 Å². The summed E-state index contributed by atoms with van der Waals surface area (Å²) in [5.41, 5.74) is 0.519. The van der Waals surface area contributed by atoms with Crippen molar-refractivity contribution in [2.75, 3.05) is 5.75 Å². The fourth-order valence-corrected chi connectivity index (χ4v) is 6.50. The number of carbonyl (C=O) groups excluding carboxylic acids is 2. The summed E-state index contributed by atoms with van der Waals surface area (Å²) >= 11 is 3.11. The third-order valence-electron chi connectivity index (χ3n) is 5.76. The van der Waals surface area contributed by atoms with Crippen LogP contribution < -0.4 is 9.67 Å². The number of nitrogens with zero attached hydrogens (tertiary/aromatic N) is 4. The largest absolute Gasteiger partial charge is 0.543 e. The monoisotopic (exact) mass is 456 g/mol. The molecule has 1 amide bonds. The van der Waals surface area contributed by atoms with E-state index in [1.165, 1.54) is 16.2 Å². The first-order valence-electron chi connectivity index (χ1n) is 9.95. The molecule has 160 valence electrons. The number of aliphatic carboxylic acids is 1. The molecule has 5 heterocycles. The number of aliphatic hydroxyl groups is 1. The molecule has 1 N–H and O–H groups in total. The second-order valence-electron chi connectivity index (χ2n) is 7.68. The lowest BCUT2D eigenvalue weighted by molar-refractivity contribution is -0.692. The summed E-state index contributed by atoms with van der Waals surface area (Å²) in [6, 6.07) is 5.64. The SMILES string of the molecule is C[C@@H](O)[C@H]1C(=O)N2C(C(=O)[O-])=C(c3cn4cnc(SCC[n+]5ccccc5)c4s3)C[C@H]12. The molecule has 31 heavy (non-hydrogen) atoms. The second-order valence-corrected chi connectivity index (χ2v) is 9.79.